The van der Waals surface area contributed by atoms with Crippen LogP contribution in [0.2, 0.25) is 10.0 Å². The fourth-order valence-corrected chi connectivity index (χ4v) is 2.92. The van der Waals surface area contributed by atoms with Gasteiger partial charge in [0, 0.05) is 5.56 Å². The molecule has 2 heterocycles. The largest absolute Gasteiger partial charge is 0.543 e. The highest BCUT2D eigenvalue weighted by Crippen LogP contribution is 2.35. The van der Waals surface area contributed by atoms with E-state index in [0.29, 0.717) is 4.52 Å². The lowest BCUT2D eigenvalue weighted by Crippen LogP contribution is -2.23. The van der Waals surface area contributed by atoms with Gasteiger partial charge >= 0.3 is 6.18 Å². The van der Waals surface area contributed by atoms with Crippen molar-refractivity contribution >= 4 is 50.7 Å². The Bertz CT molecular complexity index is 1020. The quantitative estimate of drug-likeness (QED) is 0.591. The summed E-state index contributed by atoms with van der Waals surface area (Å²) in [6.07, 6.45) is -4.80. The molecule has 2 aromatic heterocycles. The van der Waals surface area contributed by atoms with Crippen molar-refractivity contribution in [2.75, 3.05) is 0 Å². The zero-order valence-corrected chi connectivity index (χ0v) is 14.8. The van der Waals surface area contributed by atoms with Gasteiger partial charge in [0.25, 0.3) is 0 Å². The zero-order chi connectivity index (χ0) is 18.5. The van der Waals surface area contributed by atoms with E-state index < -0.39 is 23.5 Å². The highest BCUT2D eigenvalue weighted by atomic mass is 79.9. The Kier molecular flexibility index (Phi) is 4.42. The minimum atomic E-state index is -4.80. The van der Waals surface area contributed by atoms with E-state index in [0.717, 1.165) is 6.07 Å². The monoisotopic (exact) mass is 452 g/mol. The van der Waals surface area contributed by atoms with Crippen LogP contribution in [0, 0.1) is 0 Å². The molecular formula is C14H4BrCl2F3N3O2-. The van der Waals surface area contributed by atoms with Gasteiger partial charge in [-0.1, -0.05) is 29.3 Å². The summed E-state index contributed by atoms with van der Waals surface area (Å²) in [5.74, 6) is -1.73. The van der Waals surface area contributed by atoms with Crippen LogP contribution in [0.3, 0.4) is 0 Å². The number of benzene rings is 1. The second-order valence-electron chi connectivity index (χ2n) is 4.84. The number of carbonyl (C=O) groups excluding carboxylic acids is 1. The smallest absolute Gasteiger partial charge is 0.433 e. The highest BCUT2D eigenvalue weighted by Gasteiger charge is 2.36. The van der Waals surface area contributed by atoms with Crippen molar-refractivity contribution in [3.05, 3.63) is 50.2 Å². The molecule has 0 saturated carbocycles. The number of hydrogen-bond acceptors (Lipinski definition) is 4. The maximum absolute atomic E-state index is 13.4. The van der Waals surface area contributed by atoms with Crippen LogP contribution in [-0.2, 0) is 6.18 Å². The lowest BCUT2D eigenvalue weighted by atomic mass is 10.1. The molecule has 3 rings (SSSR count). The number of hydrogen-bond donors (Lipinski definition) is 0. The summed E-state index contributed by atoms with van der Waals surface area (Å²) in [5.41, 5.74) is -2.03. The Morgan fingerprint density at radius 1 is 1.20 bits per heavy atom. The van der Waals surface area contributed by atoms with Gasteiger partial charge in [-0.15, -0.1) is 0 Å². The summed E-state index contributed by atoms with van der Waals surface area (Å²) in [6.45, 7) is 0. The van der Waals surface area contributed by atoms with Crippen LogP contribution >= 0.6 is 39.1 Å². The number of halogens is 6. The fourth-order valence-electron chi connectivity index (χ4n) is 2.13. The normalized spacial score (nSPS) is 11.9. The third-order valence-corrected chi connectivity index (χ3v) is 4.70. The molecule has 0 radical (unpaired) electrons. The molecule has 11 heteroatoms. The number of aromatic carboxylic acids is 1. The van der Waals surface area contributed by atoms with Gasteiger partial charge in [-0.05, 0) is 34.1 Å². The molecule has 0 bridgehead atoms. The molecule has 25 heavy (non-hydrogen) atoms. The third-order valence-electron chi connectivity index (χ3n) is 3.23. The van der Waals surface area contributed by atoms with Gasteiger partial charge in [-0.3, -0.25) is 0 Å². The van der Waals surface area contributed by atoms with Crippen molar-refractivity contribution in [1.82, 2.24) is 14.6 Å². The first-order valence-electron chi connectivity index (χ1n) is 6.43. The molecule has 130 valence electrons. The summed E-state index contributed by atoms with van der Waals surface area (Å²) in [5, 5.41) is 14.8. The molecular weight excluding hydrogens is 450 g/mol. The number of nitrogens with zero attached hydrogens (tertiary/aromatic N) is 3. The van der Waals surface area contributed by atoms with E-state index in [2.05, 4.69) is 26.0 Å². The summed E-state index contributed by atoms with van der Waals surface area (Å²) in [6, 6.07) is 4.95. The molecule has 0 fully saturated rings. The van der Waals surface area contributed by atoms with Gasteiger partial charge in [-0.2, -0.15) is 18.3 Å². The predicted octanol–water partition coefficient (Wildman–Crippen LogP) is 3.85. The minimum absolute atomic E-state index is 0.0797. The fraction of sp³-hybridized carbons (Fsp3) is 0.0714. The van der Waals surface area contributed by atoms with Gasteiger partial charge in [-0.25, -0.2) is 9.50 Å². The molecule has 0 unspecified atom stereocenters. The van der Waals surface area contributed by atoms with E-state index in [1.165, 1.54) is 18.2 Å². The molecule has 0 amide bonds. The standard InChI is InChI=1S/C14H5BrCl2F3N3O2/c15-10-11(13(24)25)22-23-9(14(18,19)20)4-8(21-12(10)23)5-1-2-6(16)7(17)3-5/h1-4H,(H,24,25)/p-1. The molecule has 1 aromatic carbocycles. The van der Waals surface area contributed by atoms with Crippen LogP contribution in [0.1, 0.15) is 16.2 Å². The number of aromatic nitrogens is 3. The average Bonchev–Trinajstić information content (AvgIpc) is 2.85. The van der Waals surface area contributed by atoms with E-state index in [1.807, 2.05) is 0 Å². The Morgan fingerprint density at radius 3 is 2.44 bits per heavy atom. The van der Waals surface area contributed by atoms with Crippen molar-refractivity contribution in [1.29, 1.82) is 0 Å². The number of alkyl halides is 3. The van der Waals surface area contributed by atoms with Crippen molar-refractivity contribution in [3.63, 3.8) is 0 Å². The van der Waals surface area contributed by atoms with Crippen molar-refractivity contribution in [3.8, 4) is 11.3 Å². The van der Waals surface area contributed by atoms with E-state index in [1.54, 1.807) is 0 Å². The number of carbonyl (C=O) groups is 1. The van der Waals surface area contributed by atoms with Crippen LogP contribution in [0.5, 0.6) is 0 Å². The van der Waals surface area contributed by atoms with Gasteiger partial charge < -0.3 is 9.90 Å². The van der Waals surface area contributed by atoms with Crippen LogP contribution in [0.4, 0.5) is 13.2 Å². The molecule has 0 saturated heterocycles. The Hall–Kier alpha value is -1.84. The lowest BCUT2D eigenvalue weighted by Gasteiger charge is -2.11. The molecule has 0 aliphatic heterocycles. The first-order valence-corrected chi connectivity index (χ1v) is 7.97. The zero-order valence-electron chi connectivity index (χ0n) is 11.7. The van der Waals surface area contributed by atoms with Crippen LogP contribution in [0.15, 0.2) is 28.7 Å². The predicted molar refractivity (Wildman–Crippen MR) is 85.5 cm³/mol. The molecule has 0 spiro atoms. The summed E-state index contributed by atoms with van der Waals surface area (Å²) in [7, 11) is 0. The Morgan fingerprint density at radius 2 is 1.88 bits per heavy atom. The topological polar surface area (TPSA) is 70.3 Å². The highest BCUT2D eigenvalue weighted by molar-refractivity contribution is 9.10. The number of rotatable bonds is 2. The maximum atomic E-state index is 13.4. The second kappa shape index (κ2) is 6.15. The van der Waals surface area contributed by atoms with Crippen molar-refractivity contribution in [2.45, 2.75) is 6.18 Å². The molecule has 0 N–H and O–H groups in total. The number of carboxylic acids is 1. The van der Waals surface area contributed by atoms with Gasteiger partial charge in [0.05, 0.1) is 26.2 Å². The first kappa shape index (κ1) is 18.0. The maximum Gasteiger partial charge on any atom is 0.433 e. The molecule has 3 aromatic rings. The van der Waals surface area contributed by atoms with Crippen LogP contribution < -0.4 is 5.11 Å². The Labute approximate surface area is 156 Å². The second-order valence-corrected chi connectivity index (χ2v) is 6.45. The van der Waals surface area contributed by atoms with Crippen LogP contribution in [-0.4, -0.2) is 20.6 Å². The van der Waals surface area contributed by atoms with Crippen LogP contribution in [0.25, 0.3) is 16.9 Å². The molecule has 0 aliphatic carbocycles. The van der Waals surface area contributed by atoms with E-state index >= 15 is 0 Å². The summed E-state index contributed by atoms with van der Waals surface area (Å²) < 4.78 is 40.3. The van der Waals surface area contributed by atoms with Gasteiger partial charge in [0.1, 0.15) is 5.69 Å². The first-order chi connectivity index (χ1) is 11.6. The summed E-state index contributed by atoms with van der Waals surface area (Å²) >= 11 is 14.6. The lowest BCUT2D eigenvalue weighted by molar-refractivity contribution is -0.255. The Balaban J connectivity index is 2.36. The third kappa shape index (κ3) is 3.19. The average molecular weight is 454 g/mol. The molecule has 0 atom stereocenters. The number of fused-ring (bicyclic) bond motifs is 1. The summed E-state index contributed by atoms with van der Waals surface area (Å²) in [4.78, 5) is 15.1. The van der Waals surface area contributed by atoms with E-state index in [4.69, 9.17) is 23.2 Å². The SMILES string of the molecule is O=C([O-])c1nn2c(C(F)(F)F)cc(-c3ccc(Cl)c(Cl)c3)nc2c1Br. The molecule has 5 nitrogen and oxygen atoms in total. The van der Waals surface area contributed by atoms with E-state index in [9.17, 15) is 23.1 Å². The van der Waals surface area contributed by atoms with Gasteiger partial charge in [0.15, 0.2) is 11.3 Å². The molecule has 0 aliphatic rings. The van der Waals surface area contributed by atoms with Gasteiger partial charge in [0.2, 0.25) is 0 Å². The van der Waals surface area contributed by atoms with E-state index in [-0.39, 0.29) is 31.4 Å². The number of carboxylic acid groups (broad SMARTS) is 1. The van der Waals surface area contributed by atoms with Crippen molar-refractivity contribution in [2.24, 2.45) is 0 Å². The van der Waals surface area contributed by atoms with Crippen molar-refractivity contribution < 1.29 is 23.1 Å². The minimum Gasteiger partial charge on any atom is -0.543 e.